The van der Waals surface area contributed by atoms with Crippen molar-refractivity contribution in [2.45, 2.75) is 88.9 Å². The molecule has 4 rings (SSSR count). The molecule has 2 aromatic carbocycles. The summed E-state index contributed by atoms with van der Waals surface area (Å²) in [5, 5.41) is 3.75. The van der Waals surface area contributed by atoms with Crippen molar-refractivity contribution >= 4 is 22.1 Å². The first-order valence-corrected chi connectivity index (χ1v) is 20.3. The fourth-order valence-electron chi connectivity index (χ4n) is 5.98. The van der Waals surface area contributed by atoms with E-state index in [4.69, 9.17) is 9.16 Å². The number of imidazole rings is 1. The second kappa shape index (κ2) is 14.6. The second-order valence-corrected chi connectivity index (χ2v) is 18.5. The zero-order valence-electron chi connectivity index (χ0n) is 26.9. The van der Waals surface area contributed by atoms with E-state index in [0.29, 0.717) is 13.0 Å². The van der Waals surface area contributed by atoms with Gasteiger partial charge in [0.15, 0.2) is 8.32 Å². The molecule has 6 nitrogen and oxygen atoms in total. The van der Waals surface area contributed by atoms with Crippen molar-refractivity contribution < 1.29 is 43.7 Å². The van der Waals surface area contributed by atoms with Crippen molar-refractivity contribution in [3.63, 3.8) is 0 Å². The Morgan fingerprint density at radius 1 is 0.935 bits per heavy atom. The van der Waals surface area contributed by atoms with E-state index in [1.54, 1.807) is 0 Å². The van der Waals surface area contributed by atoms with Crippen molar-refractivity contribution in [2.24, 2.45) is 7.05 Å². The minimum atomic E-state index is -10.7. The van der Waals surface area contributed by atoms with Crippen molar-refractivity contribution in [3.05, 3.63) is 90.5 Å². The van der Waals surface area contributed by atoms with Crippen LogP contribution in [0.3, 0.4) is 0 Å². The van der Waals surface area contributed by atoms with Crippen LogP contribution in [0.5, 0.6) is 0 Å². The molecule has 3 aromatic rings. The number of halogens is 6. The maximum absolute atomic E-state index is 12.8. The molecule has 1 fully saturated rings. The van der Waals surface area contributed by atoms with E-state index in [0.717, 1.165) is 55.1 Å². The topological polar surface area (TPSA) is 56.4 Å². The summed E-state index contributed by atoms with van der Waals surface area (Å²) in [6.45, 7) is 8.39. The van der Waals surface area contributed by atoms with Crippen LogP contribution in [0.4, 0.5) is 25.2 Å². The molecule has 258 valence electrons. The van der Waals surface area contributed by atoms with Gasteiger partial charge in [-0.05, 0) is 42.1 Å². The Morgan fingerprint density at radius 2 is 1.46 bits per heavy atom. The number of esters is 1. The number of rotatable bonds is 14. The summed E-state index contributed by atoms with van der Waals surface area (Å²) in [6.07, 6.45) is 8.92. The van der Waals surface area contributed by atoms with Gasteiger partial charge < -0.3 is 14.5 Å². The van der Waals surface area contributed by atoms with Crippen LogP contribution in [0, 0.1) is 0 Å². The second-order valence-electron chi connectivity index (χ2n) is 11.9. The van der Waals surface area contributed by atoms with Gasteiger partial charge in [0.05, 0.1) is 13.6 Å². The standard InChI is InChI=1S/C32H46N3O3Si.F6P/c1-5-39(6-2,7-3)38-32(27-16-10-8-11-17-27,28-18-12-9-13-19-28)30-24-29(25-33-30)37-31(36)20-14-15-21-35-23-22-34(4)26-35;1-7(2,3,4,5)6/h8-13,16-19,22-23,26,29-30,33H,5-7,14-15,20-21,24-25H2,1-4H3;/q+1;-1/t29-,30+;/m1./s1. The van der Waals surface area contributed by atoms with E-state index in [2.05, 4.69) is 104 Å². The number of nitrogens with one attached hydrogen (secondary N) is 1. The first-order valence-electron chi connectivity index (χ1n) is 15.7. The van der Waals surface area contributed by atoms with Gasteiger partial charge >= 0.3 is 39.0 Å². The number of benzene rings is 2. The molecule has 14 heteroatoms. The molecule has 0 spiro atoms. The van der Waals surface area contributed by atoms with Gasteiger partial charge in [0.1, 0.15) is 24.1 Å². The van der Waals surface area contributed by atoms with Crippen LogP contribution in [0.25, 0.3) is 0 Å². The molecule has 0 aliphatic carbocycles. The minimum absolute atomic E-state index is 0.00824. The molecule has 2 atom stereocenters. The average Bonchev–Trinajstić information content (AvgIpc) is 3.65. The molecule has 1 aliphatic heterocycles. The van der Waals surface area contributed by atoms with E-state index >= 15 is 0 Å². The van der Waals surface area contributed by atoms with Gasteiger partial charge in [-0.3, -0.25) is 4.79 Å². The van der Waals surface area contributed by atoms with Crippen LogP contribution >= 0.6 is 7.81 Å². The summed E-state index contributed by atoms with van der Waals surface area (Å²) in [6, 6.07) is 24.5. The van der Waals surface area contributed by atoms with Crippen LogP contribution in [-0.4, -0.2) is 37.5 Å². The summed E-state index contributed by atoms with van der Waals surface area (Å²) >= 11 is 0. The van der Waals surface area contributed by atoms with Crippen LogP contribution in [-0.2, 0) is 33.2 Å². The molecule has 0 bridgehead atoms. The maximum atomic E-state index is 12.8. The van der Waals surface area contributed by atoms with Crippen molar-refractivity contribution in [1.82, 2.24) is 9.88 Å². The van der Waals surface area contributed by atoms with Crippen molar-refractivity contribution in [1.29, 1.82) is 0 Å². The van der Waals surface area contributed by atoms with Crippen LogP contribution in [0.15, 0.2) is 79.4 Å². The summed E-state index contributed by atoms with van der Waals surface area (Å²) in [5.41, 5.74) is 1.67. The number of unbranched alkanes of at least 4 members (excludes halogenated alkanes) is 1. The molecule has 0 unspecified atom stereocenters. The van der Waals surface area contributed by atoms with Gasteiger partial charge in [-0.1, -0.05) is 81.4 Å². The molecule has 2 heterocycles. The van der Waals surface area contributed by atoms with Gasteiger partial charge in [-0.25, -0.2) is 9.13 Å². The van der Waals surface area contributed by atoms with Crippen molar-refractivity contribution in [2.75, 3.05) is 6.54 Å². The van der Waals surface area contributed by atoms with Gasteiger partial charge in [-0.15, -0.1) is 0 Å². The number of nitrogens with zero attached hydrogens (tertiary/aromatic N) is 2. The van der Waals surface area contributed by atoms with E-state index in [1.165, 1.54) is 0 Å². The Bertz CT molecular complexity index is 1330. The first kappa shape index (κ1) is 37.7. The normalized spacial score (nSPS) is 18.7. The number of carbonyl (C=O) groups is 1. The Kier molecular flexibility index (Phi) is 12.0. The number of ether oxygens (including phenoxy) is 1. The molecular formula is C32H46F6N3O3PSi. The van der Waals surface area contributed by atoms with E-state index in [9.17, 15) is 30.0 Å². The van der Waals surface area contributed by atoms with Crippen LogP contribution in [0.1, 0.15) is 57.6 Å². The van der Waals surface area contributed by atoms with Crippen LogP contribution in [0.2, 0.25) is 18.1 Å². The van der Waals surface area contributed by atoms with Gasteiger partial charge in [-0.2, -0.15) is 0 Å². The SMILES string of the molecule is CC[Si](CC)(CC)OC(c1ccccc1)(c1ccccc1)[C@@H]1C[C@@H](OC(=O)CCCCn2cc[n+](C)c2)CN1.F[P-](F)(F)(F)(F)F. The Balaban J connectivity index is 0.000000738. The third kappa shape index (κ3) is 11.8. The third-order valence-corrected chi connectivity index (χ3v) is 13.1. The zero-order chi connectivity index (χ0) is 34.1. The molecule has 0 amide bonds. The van der Waals surface area contributed by atoms with Gasteiger partial charge in [0.2, 0.25) is 6.33 Å². The zero-order valence-corrected chi connectivity index (χ0v) is 28.8. The van der Waals surface area contributed by atoms with Crippen LogP contribution < -0.4 is 9.88 Å². The first-order chi connectivity index (χ1) is 21.4. The molecule has 0 saturated carbocycles. The fourth-order valence-corrected chi connectivity index (χ4v) is 8.98. The predicted octanol–water partition coefficient (Wildman–Crippen LogP) is 9.10. The number of hydrogen-bond donors (Lipinski definition) is 1. The number of hydrogen-bond acceptors (Lipinski definition) is 4. The van der Waals surface area contributed by atoms with E-state index in [-0.39, 0.29) is 18.1 Å². The summed E-state index contributed by atoms with van der Waals surface area (Å²) < 4.78 is 76.9. The molecule has 46 heavy (non-hydrogen) atoms. The monoisotopic (exact) mass is 693 g/mol. The fraction of sp³-hybridized carbons (Fsp3) is 0.500. The molecule has 1 aliphatic rings. The molecular weight excluding hydrogens is 647 g/mol. The number of carbonyl (C=O) groups excluding carboxylic acids is 1. The van der Waals surface area contributed by atoms with Crippen molar-refractivity contribution in [3.8, 4) is 0 Å². The summed E-state index contributed by atoms with van der Waals surface area (Å²) in [7, 11) is -10.7. The van der Waals surface area contributed by atoms with Gasteiger partial charge in [0.25, 0.3) is 0 Å². The molecule has 1 aromatic heterocycles. The number of aromatic nitrogens is 2. The number of aryl methyl sites for hydroxylation is 2. The summed E-state index contributed by atoms with van der Waals surface area (Å²) in [4.78, 5) is 12.8. The van der Waals surface area contributed by atoms with E-state index < -0.39 is 21.7 Å². The Hall–Kier alpha value is -2.73. The summed E-state index contributed by atoms with van der Waals surface area (Å²) in [5.74, 6) is -0.106. The Labute approximate surface area is 268 Å². The molecule has 1 saturated heterocycles. The van der Waals surface area contributed by atoms with Gasteiger partial charge in [0, 0.05) is 25.4 Å². The predicted molar refractivity (Wildman–Crippen MR) is 171 cm³/mol. The Morgan fingerprint density at radius 3 is 1.91 bits per heavy atom. The average molecular weight is 694 g/mol. The third-order valence-electron chi connectivity index (χ3n) is 8.47. The quantitative estimate of drug-likeness (QED) is 0.0457. The molecule has 1 N–H and O–H groups in total. The molecule has 0 radical (unpaired) electrons. The van der Waals surface area contributed by atoms with E-state index in [1.807, 2.05) is 17.8 Å².